The van der Waals surface area contributed by atoms with Crippen LogP contribution in [0.2, 0.25) is 0 Å². The zero-order valence-corrected chi connectivity index (χ0v) is 10.7. The van der Waals surface area contributed by atoms with Crippen molar-refractivity contribution in [2.45, 2.75) is 31.0 Å². The lowest BCUT2D eigenvalue weighted by molar-refractivity contribution is -0.136. The average molecular weight is 242 g/mol. The Morgan fingerprint density at radius 1 is 1.65 bits per heavy atom. The van der Waals surface area contributed by atoms with Gasteiger partial charge in [-0.15, -0.1) is 0 Å². The van der Waals surface area contributed by atoms with Gasteiger partial charge in [0.15, 0.2) is 0 Å². The zero-order chi connectivity index (χ0) is 12.3. The molecule has 98 valence electrons. The van der Waals surface area contributed by atoms with Crippen molar-refractivity contribution in [1.29, 1.82) is 0 Å². The van der Waals surface area contributed by atoms with Gasteiger partial charge in [0, 0.05) is 33.2 Å². The average Bonchev–Trinajstić information content (AvgIpc) is 2.73. The summed E-state index contributed by atoms with van der Waals surface area (Å²) in [5, 5.41) is 2.90. The van der Waals surface area contributed by atoms with Crippen molar-refractivity contribution in [2.24, 2.45) is 0 Å². The van der Waals surface area contributed by atoms with E-state index in [1.54, 1.807) is 14.2 Å². The fourth-order valence-corrected chi connectivity index (χ4v) is 2.79. The summed E-state index contributed by atoms with van der Waals surface area (Å²) in [5.74, 6) is 0.160. The molecule has 0 saturated carbocycles. The highest BCUT2D eigenvalue weighted by Crippen LogP contribution is 2.35. The Labute approximate surface area is 102 Å². The van der Waals surface area contributed by atoms with Crippen molar-refractivity contribution in [3.63, 3.8) is 0 Å². The van der Waals surface area contributed by atoms with E-state index in [4.69, 9.17) is 9.47 Å². The van der Waals surface area contributed by atoms with Crippen molar-refractivity contribution in [1.82, 2.24) is 10.2 Å². The molecule has 2 aliphatic heterocycles. The number of carbonyl (C=O) groups excluding carboxylic acids is 1. The Balaban J connectivity index is 1.93. The molecule has 2 fully saturated rings. The summed E-state index contributed by atoms with van der Waals surface area (Å²) in [7, 11) is 3.55. The number of nitrogens with one attached hydrogen (secondary N) is 1. The first-order chi connectivity index (χ1) is 8.19. The van der Waals surface area contributed by atoms with E-state index < -0.39 is 0 Å². The maximum absolute atomic E-state index is 11.8. The summed E-state index contributed by atoms with van der Waals surface area (Å²) in [6.45, 7) is 2.67. The number of nitrogens with zero attached hydrogens (tertiary/aromatic N) is 1. The molecule has 0 aromatic carbocycles. The molecule has 1 spiro atoms. The summed E-state index contributed by atoms with van der Waals surface area (Å²) >= 11 is 0. The van der Waals surface area contributed by atoms with Gasteiger partial charge < -0.3 is 19.7 Å². The van der Waals surface area contributed by atoms with Gasteiger partial charge >= 0.3 is 0 Å². The molecule has 2 rings (SSSR count). The summed E-state index contributed by atoms with van der Waals surface area (Å²) in [5.41, 5.74) is -0.150. The van der Waals surface area contributed by atoms with Crippen LogP contribution in [-0.2, 0) is 14.3 Å². The molecular formula is C12H22N2O3. The molecule has 0 radical (unpaired) electrons. The Kier molecular flexibility index (Phi) is 4.01. The standard InChI is InChI=1S/C12H22N2O3/c1-13-8-11(15)14-5-4-12(9-14)7-10(16-2)3-6-17-12/h10,13H,3-9H2,1-2H3. The van der Waals surface area contributed by atoms with Gasteiger partial charge in [-0.3, -0.25) is 4.79 Å². The third-order valence-corrected chi connectivity index (χ3v) is 3.78. The molecule has 0 aromatic rings. The molecule has 2 saturated heterocycles. The maximum atomic E-state index is 11.8. The van der Waals surface area contributed by atoms with E-state index in [1.165, 1.54) is 0 Å². The molecule has 17 heavy (non-hydrogen) atoms. The quantitative estimate of drug-likeness (QED) is 0.757. The predicted octanol–water partition coefficient (Wildman–Crippen LogP) is 0.00230. The zero-order valence-electron chi connectivity index (χ0n) is 10.7. The van der Waals surface area contributed by atoms with Gasteiger partial charge in [0.2, 0.25) is 5.91 Å². The van der Waals surface area contributed by atoms with E-state index in [2.05, 4.69) is 5.32 Å². The molecule has 1 N–H and O–H groups in total. The summed E-state index contributed by atoms with van der Waals surface area (Å²) < 4.78 is 11.3. The van der Waals surface area contributed by atoms with Crippen molar-refractivity contribution < 1.29 is 14.3 Å². The van der Waals surface area contributed by atoms with Crippen molar-refractivity contribution in [3.05, 3.63) is 0 Å². The number of hydrogen-bond acceptors (Lipinski definition) is 4. The van der Waals surface area contributed by atoms with Crippen LogP contribution in [0.3, 0.4) is 0 Å². The fourth-order valence-electron chi connectivity index (χ4n) is 2.79. The van der Waals surface area contributed by atoms with Crippen LogP contribution in [-0.4, -0.2) is 62.9 Å². The number of methoxy groups -OCH3 is 1. The van der Waals surface area contributed by atoms with Crippen LogP contribution in [0.1, 0.15) is 19.3 Å². The van der Waals surface area contributed by atoms with Gasteiger partial charge in [0.25, 0.3) is 0 Å². The Bertz CT molecular complexity index is 285. The molecule has 5 heteroatoms. The molecule has 5 nitrogen and oxygen atoms in total. The number of rotatable bonds is 3. The maximum Gasteiger partial charge on any atom is 0.236 e. The lowest BCUT2D eigenvalue weighted by atomic mass is 9.91. The van der Waals surface area contributed by atoms with E-state index in [0.717, 1.165) is 32.4 Å². The third kappa shape index (κ3) is 2.78. The van der Waals surface area contributed by atoms with E-state index >= 15 is 0 Å². The van der Waals surface area contributed by atoms with Crippen LogP contribution >= 0.6 is 0 Å². The topological polar surface area (TPSA) is 50.8 Å². The number of ether oxygens (including phenoxy) is 2. The van der Waals surface area contributed by atoms with E-state index in [-0.39, 0.29) is 17.6 Å². The number of likely N-dealkylation sites (N-methyl/N-ethyl adjacent to an activating group) is 1. The number of carbonyl (C=O) groups is 1. The molecular weight excluding hydrogens is 220 g/mol. The van der Waals surface area contributed by atoms with Crippen LogP contribution in [0.25, 0.3) is 0 Å². The number of amides is 1. The summed E-state index contributed by atoms with van der Waals surface area (Å²) in [6.07, 6.45) is 3.08. The fraction of sp³-hybridized carbons (Fsp3) is 0.917. The molecule has 2 atom stereocenters. The number of likely N-dealkylation sites (tertiary alicyclic amines) is 1. The van der Waals surface area contributed by atoms with Crippen LogP contribution in [0.15, 0.2) is 0 Å². The largest absolute Gasteiger partial charge is 0.381 e. The monoisotopic (exact) mass is 242 g/mol. The van der Waals surface area contributed by atoms with Crippen molar-refractivity contribution in [2.75, 3.05) is 40.4 Å². The lowest BCUT2D eigenvalue weighted by Gasteiger charge is -2.37. The van der Waals surface area contributed by atoms with Crippen LogP contribution < -0.4 is 5.32 Å². The number of hydrogen-bond donors (Lipinski definition) is 1. The van der Waals surface area contributed by atoms with Crippen LogP contribution in [0.5, 0.6) is 0 Å². The highest BCUT2D eigenvalue weighted by Gasteiger charge is 2.44. The normalized spacial score (nSPS) is 33.3. The Hall–Kier alpha value is -0.650. The minimum absolute atomic E-state index is 0.150. The van der Waals surface area contributed by atoms with Gasteiger partial charge in [-0.05, 0) is 19.9 Å². The van der Waals surface area contributed by atoms with Crippen molar-refractivity contribution >= 4 is 5.91 Å². The highest BCUT2D eigenvalue weighted by atomic mass is 16.5. The van der Waals surface area contributed by atoms with Gasteiger partial charge in [-0.2, -0.15) is 0 Å². The molecule has 0 bridgehead atoms. The SMILES string of the molecule is CNCC(=O)N1CCC2(CC(OC)CCO2)C1. The smallest absolute Gasteiger partial charge is 0.236 e. The second-order valence-electron chi connectivity index (χ2n) is 4.98. The highest BCUT2D eigenvalue weighted by molar-refractivity contribution is 5.78. The van der Waals surface area contributed by atoms with Gasteiger partial charge in [-0.25, -0.2) is 0 Å². The van der Waals surface area contributed by atoms with Gasteiger partial charge in [-0.1, -0.05) is 0 Å². The molecule has 1 amide bonds. The van der Waals surface area contributed by atoms with E-state index in [9.17, 15) is 4.79 Å². The van der Waals surface area contributed by atoms with E-state index in [1.807, 2.05) is 4.90 Å². The Morgan fingerprint density at radius 2 is 2.47 bits per heavy atom. The first-order valence-corrected chi connectivity index (χ1v) is 6.28. The van der Waals surface area contributed by atoms with E-state index in [0.29, 0.717) is 13.1 Å². The Morgan fingerprint density at radius 3 is 3.18 bits per heavy atom. The van der Waals surface area contributed by atoms with Crippen molar-refractivity contribution in [3.8, 4) is 0 Å². The van der Waals surface area contributed by atoms with Gasteiger partial charge in [0.05, 0.1) is 18.2 Å². The molecule has 2 aliphatic rings. The molecule has 2 unspecified atom stereocenters. The summed E-state index contributed by atoms with van der Waals surface area (Å²) in [4.78, 5) is 13.7. The third-order valence-electron chi connectivity index (χ3n) is 3.78. The predicted molar refractivity (Wildman–Crippen MR) is 63.8 cm³/mol. The lowest BCUT2D eigenvalue weighted by Crippen LogP contribution is -2.46. The molecule has 2 heterocycles. The second-order valence-corrected chi connectivity index (χ2v) is 4.98. The first kappa shape index (κ1) is 12.8. The molecule has 0 aromatic heterocycles. The second kappa shape index (κ2) is 5.33. The molecule has 0 aliphatic carbocycles. The summed E-state index contributed by atoms with van der Waals surface area (Å²) in [6, 6.07) is 0. The van der Waals surface area contributed by atoms with Gasteiger partial charge in [0.1, 0.15) is 0 Å². The first-order valence-electron chi connectivity index (χ1n) is 6.28. The minimum Gasteiger partial charge on any atom is -0.381 e. The van der Waals surface area contributed by atoms with Crippen LogP contribution in [0, 0.1) is 0 Å². The minimum atomic E-state index is -0.150. The van der Waals surface area contributed by atoms with Crippen LogP contribution in [0.4, 0.5) is 0 Å².